The molecule has 2 aromatic carbocycles. The molecular weight excluding hydrogens is 767 g/mol. The van der Waals surface area contributed by atoms with E-state index in [0.29, 0.717) is 39.2 Å². The van der Waals surface area contributed by atoms with Gasteiger partial charge in [0.15, 0.2) is 0 Å². The van der Waals surface area contributed by atoms with Gasteiger partial charge in [0.05, 0.1) is 26.7 Å². The lowest BCUT2D eigenvalue weighted by molar-refractivity contribution is -0.134. The Morgan fingerprint density at radius 3 is 2.44 bits per heavy atom. The third-order valence-corrected chi connectivity index (χ3v) is 14.1. The van der Waals surface area contributed by atoms with E-state index < -0.39 is 23.7 Å². The molecule has 5 aliphatic rings. The Kier molecular flexibility index (Phi) is 11.2. The van der Waals surface area contributed by atoms with Gasteiger partial charge in [-0.1, -0.05) is 11.6 Å². The van der Waals surface area contributed by atoms with E-state index in [-0.39, 0.29) is 35.6 Å². The van der Waals surface area contributed by atoms with Crippen molar-refractivity contribution in [1.82, 2.24) is 25.4 Å². The molecular formula is C42H46ClFN8O4S. The molecule has 0 aliphatic carbocycles. The third kappa shape index (κ3) is 8.33. The van der Waals surface area contributed by atoms with Crippen LogP contribution in [0.1, 0.15) is 78.1 Å². The number of piperidine rings is 3. The van der Waals surface area contributed by atoms with Crippen LogP contribution in [-0.2, 0) is 9.59 Å². The Bertz CT molecular complexity index is 2090. The quantitative estimate of drug-likeness (QED) is 0.290. The molecule has 298 valence electrons. The molecule has 1 spiro atoms. The molecule has 1 aromatic heterocycles. The van der Waals surface area contributed by atoms with Crippen molar-refractivity contribution >= 4 is 58.4 Å². The van der Waals surface area contributed by atoms with Crippen LogP contribution in [0.5, 0.6) is 0 Å². The number of nitriles is 1. The predicted octanol–water partition coefficient (Wildman–Crippen LogP) is 5.25. The summed E-state index contributed by atoms with van der Waals surface area (Å²) in [5, 5.41) is 15.8. The zero-order chi connectivity index (χ0) is 39.8. The molecule has 5 aliphatic heterocycles. The van der Waals surface area contributed by atoms with E-state index in [1.807, 2.05) is 29.2 Å². The molecule has 0 radical (unpaired) electrons. The molecule has 0 bridgehead atoms. The summed E-state index contributed by atoms with van der Waals surface area (Å²) in [5.41, 5.74) is 2.88. The molecule has 8 rings (SSSR count). The number of imide groups is 1. The van der Waals surface area contributed by atoms with Crippen molar-refractivity contribution < 1.29 is 23.6 Å². The maximum Gasteiger partial charge on any atom is 0.255 e. The first-order chi connectivity index (χ1) is 27.5. The fraction of sp³-hybridized carbons (Fsp3) is 0.476. The van der Waals surface area contributed by atoms with Gasteiger partial charge in [0.1, 0.15) is 17.9 Å². The minimum Gasteiger partial charge on any atom is -0.368 e. The van der Waals surface area contributed by atoms with Crippen molar-refractivity contribution in [3.63, 3.8) is 0 Å². The number of hydrogen-bond acceptors (Lipinski definition) is 10. The zero-order valence-corrected chi connectivity index (χ0v) is 33.5. The van der Waals surface area contributed by atoms with Crippen molar-refractivity contribution in [2.45, 2.75) is 80.3 Å². The minimum atomic E-state index is -0.862. The number of thioether (sulfide) groups is 1. The molecule has 3 aromatic rings. The van der Waals surface area contributed by atoms with Gasteiger partial charge in [0, 0.05) is 74.0 Å². The highest BCUT2D eigenvalue weighted by Gasteiger charge is 2.45. The van der Waals surface area contributed by atoms with Crippen LogP contribution >= 0.6 is 23.4 Å². The van der Waals surface area contributed by atoms with Crippen LogP contribution < -0.4 is 20.4 Å². The van der Waals surface area contributed by atoms with E-state index in [0.717, 1.165) is 88.6 Å². The lowest BCUT2D eigenvalue weighted by Crippen LogP contribution is -2.61. The Labute approximate surface area is 341 Å². The number of benzene rings is 2. The van der Waals surface area contributed by atoms with Crippen molar-refractivity contribution in [2.24, 2.45) is 5.41 Å². The summed E-state index contributed by atoms with van der Waals surface area (Å²) in [6.07, 6.45) is 7.05. The number of hydrogen-bond donors (Lipinski definition) is 2. The molecule has 15 heteroatoms. The SMILES string of the molecule is C[C@@H]1CC2(CCN(C(=O)c3ccc(SC4CCN(C5CN(c6ccc(C(=O)N[C@H]7CCC(=O)NC7=O)c(F)c6)C5)CC4)nc3)CC2)CN1c1ccc(C#N)c(Cl)c1. The summed E-state index contributed by atoms with van der Waals surface area (Å²) in [6, 6.07) is 16.1. The molecule has 12 nitrogen and oxygen atoms in total. The number of carbonyl (C=O) groups excluding carboxylic acids is 4. The molecule has 0 unspecified atom stereocenters. The highest BCUT2D eigenvalue weighted by Crippen LogP contribution is 2.45. The number of amides is 4. The van der Waals surface area contributed by atoms with Crippen molar-refractivity contribution in [3.8, 4) is 6.07 Å². The summed E-state index contributed by atoms with van der Waals surface area (Å²) in [4.78, 5) is 63.2. The predicted molar refractivity (Wildman–Crippen MR) is 216 cm³/mol. The van der Waals surface area contributed by atoms with E-state index >= 15 is 4.39 Å². The minimum absolute atomic E-state index is 0.0347. The second kappa shape index (κ2) is 16.3. The van der Waals surface area contributed by atoms with E-state index in [4.69, 9.17) is 11.6 Å². The standard InChI is InChI=1S/C42H46ClFN8O4S/c1-26-20-42(25-52(26)30-4-2-27(21-45)34(43)18-30)12-16-50(17-13-42)41(56)28-3-9-38(46-22-28)57-32-10-14-49(15-11-32)31-23-51(24-31)29-5-6-33(35(44)19-29)39(54)47-36-7-8-37(53)48-40(36)55/h2-6,9,18-19,22,26,31-32,36H,7-8,10-17,20,23-25H2,1H3,(H,47,54)(H,48,53,55)/t26-,36+/m1/s1. The van der Waals surface area contributed by atoms with Crippen LogP contribution in [0.3, 0.4) is 0 Å². The number of nitrogens with zero attached hydrogens (tertiary/aromatic N) is 6. The van der Waals surface area contributed by atoms with Crippen LogP contribution in [-0.4, -0.2) is 108 Å². The number of likely N-dealkylation sites (tertiary alicyclic amines) is 2. The van der Waals surface area contributed by atoms with E-state index in [1.54, 1.807) is 30.1 Å². The lowest BCUT2D eigenvalue weighted by atomic mass is 9.76. The number of anilines is 2. The fourth-order valence-electron chi connectivity index (χ4n) is 9.12. The van der Waals surface area contributed by atoms with Crippen molar-refractivity contribution in [3.05, 3.63) is 82.3 Å². The first kappa shape index (κ1) is 39.1. The van der Waals surface area contributed by atoms with Gasteiger partial charge in [-0.3, -0.25) is 29.4 Å². The summed E-state index contributed by atoms with van der Waals surface area (Å²) in [7, 11) is 0. The van der Waals surface area contributed by atoms with Crippen LogP contribution in [0, 0.1) is 22.6 Å². The first-order valence-electron chi connectivity index (χ1n) is 19.8. The van der Waals surface area contributed by atoms with Crippen molar-refractivity contribution in [1.29, 1.82) is 5.26 Å². The normalized spacial score (nSPS) is 22.9. The average Bonchev–Trinajstić information content (AvgIpc) is 3.51. The number of rotatable bonds is 8. The summed E-state index contributed by atoms with van der Waals surface area (Å²) in [6.45, 7) is 8.08. The highest BCUT2D eigenvalue weighted by molar-refractivity contribution is 7.99. The van der Waals surface area contributed by atoms with Crippen LogP contribution in [0.4, 0.5) is 15.8 Å². The van der Waals surface area contributed by atoms with Gasteiger partial charge in [-0.2, -0.15) is 5.26 Å². The van der Waals surface area contributed by atoms with Gasteiger partial charge in [-0.15, -0.1) is 11.8 Å². The smallest absolute Gasteiger partial charge is 0.255 e. The lowest BCUT2D eigenvalue weighted by Gasteiger charge is -2.48. The molecule has 5 saturated heterocycles. The number of halogens is 2. The van der Waals surface area contributed by atoms with Gasteiger partial charge in [-0.25, -0.2) is 9.37 Å². The number of pyridine rings is 1. The Morgan fingerprint density at radius 2 is 1.77 bits per heavy atom. The topological polar surface area (TPSA) is 142 Å². The second-order valence-corrected chi connectivity index (χ2v) is 17.9. The highest BCUT2D eigenvalue weighted by atomic mass is 35.5. The monoisotopic (exact) mass is 812 g/mol. The van der Waals surface area contributed by atoms with Gasteiger partial charge in [0.2, 0.25) is 11.8 Å². The molecule has 2 N–H and O–H groups in total. The molecule has 6 heterocycles. The van der Waals surface area contributed by atoms with Gasteiger partial charge in [-0.05, 0) is 112 Å². The summed E-state index contributed by atoms with van der Waals surface area (Å²) >= 11 is 8.12. The molecule has 57 heavy (non-hydrogen) atoms. The molecule has 5 fully saturated rings. The summed E-state index contributed by atoms with van der Waals surface area (Å²) < 4.78 is 15.0. The van der Waals surface area contributed by atoms with Crippen molar-refractivity contribution in [2.75, 3.05) is 55.6 Å². The molecule has 0 saturated carbocycles. The van der Waals surface area contributed by atoms with Gasteiger partial charge < -0.3 is 20.0 Å². The average molecular weight is 813 g/mol. The van der Waals surface area contributed by atoms with Gasteiger partial charge in [0.25, 0.3) is 11.8 Å². The molecule has 4 amide bonds. The first-order valence-corrected chi connectivity index (χ1v) is 21.0. The number of nitrogens with one attached hydrogen (secondary N) is 2. The van der Waals surface area contributed by atoms with Crippen LogP contribution in [0.2, 0.25) is 5.02 Å². The van der Waals surface area contributed by atoms with Crippen LogP contribution in [0.25, 0.3) is 0 Å². The Hall–Kier alpha value is -4.71. The Balaban J connectivity index is 0.759. The second-order valence-electron chi connectivity index (χ2n) is 16.2. The zero-order valence-electron chi connectivity index (χ0n) is 31.9. The molecule has 2 atom stereocenters. The van der Waals surface area contributed by atoms with Crippen LogP contribution in [0.15, 0.2) is 59.8 Å². The summed E-state index contributed by atoms with van der Waals surface area (Å²) in [5.74, 6) is -2.25. The third-order valence-electron chi connectivity index (χ3n) is 12.5. The van der Waals surface area contributed by atoms with E-state index in [2.05, 4.69) is 43.3 Å². The maximum atomic E-state index is 15.0. The largest absolute Gasteiger partial charge is 0.368 e. The maximum absolute atomic E-state index is 15.0. The number of carbonyl (C=O) groups is 4. The Morgan fingerprint density at radius 1 is 1.02 bits per heavy atom. The van der Waals surface area contributed by atoms with E-state index in [9.17, 15) is 24.4 Å². The van der Waals surface area contributed by atoms with E-state index in [1.165, 1.54) is 12.1 Å². The fourth-order valence-corrected chi connectivity index (χ4v) is 10.4. The van der Waals surface area contributed by atoms with Gasteiger partial charge >= 0.3 is 0 Å². The number of aromatic nitrogens is 1.